The lowest BCUT2D eigenvalue weighted by atomic mass is 10.0. The molecule has 2 aromatic rings. The third kappa shape index (κ3) is 5.42. The minimum Gasteiger partial charge on any atom is -0.406 e. The third-order valence-corrected chi connectivity index (χ3v) is 3.97. The highest BCUT2D eigenvalue weighted by Crippen LogP contribution is 2.29. The molecule has 0 N–H and O–H groups in total. The van der Waals surface area contributed by atoms with Gasteiger partial charge in [0.05, 0.1) is 0 Å². The molecule has 1 nitrogen and oxygen atoms in total. The van der Waals surface area contributed by atoms with Crippen LogP contribution < -0.4 is 4.74 Å². The number of hydrogen-bond donors (Lipinski definition) is 0. The Morgan fingerprint density at radius 1 is 1.00 bits per heavy atom. The van der Waals surface area contributed by atoms with E-state index in [1.165, 1.54) is 12.1 Å². The molecule has 21 heavy (non-hydrogen) atoms. The second-order valence-corrected chi connectivity index (χ2v) is 5.72. The van der Waals surface area contributed by atoms with Crippen molar-refractivity contribution < 1.29 is 17.9 Å². The Bertz CT molecular complexity index is 569. The normalized spacial score (nSPS) is 13.0. The predicted molar refractivity (Wildman–Crippen MR) is 79.6 cm³/mol. The second-order valence-electron chi connectivity index (χ2n) is 4.61. The SMILES string of the molecule is FC(F)(F)Oc1cccc(CCC(Br)c2ccccc2)c1. The smallest absolute Gasteiger partial charge is 0.406 e. The van der Waals surface area contributed by atoms with E-state index >= 15 is 0 Å². The van der Waals surface area contributed by atoms with Crippen LogP contribution in [0.15, 0.2) is 54.6 Å². The van der Waals surface area contributed by atoms with Gasteiger partial charge in [-0.25, -0.2) is 0 Å². The highest BCUT2D eigenvalue weighted by atomic mass is 79.9. The van der Waals surface area contributed by atoms with Crippen LogP contribution in [0.2, 0.25) is 0 Å². The van der Waals surface area contributed by atoms with Crippen molar-refractivity contribution in [2.45, 2.75) is 24.0 Å². The lowest BCUT2D eigenvalue weighted by Gasteiger charge is -2.12. The minimum atomic E-state index is -4.65. The maximum absolute atomic E-state index is 12.2. The van der Waals surface area contributed by atoms with Gasteiger partial charge >= 0.3 is 6.36 Å². The van der Waals surface area contributed by atoms with Crippen LogP contribution in [0.4, 0.5) is 13.2 Å². The first-order chi connectivity index (χ1) is 9.94. The lowest BCUT2D eigenvalue weighted by molar-refractivity contribution is -0.274. The van der Waals surface area contributed by atoms with E-state index in [0.29, 0.717) is 6.42 Å². The van der Waals surface area contributed by atoms with Crippen LogP contribution in [-0.2, 0) is 6.42 Å². The van der Waals surface area contributed by atoms with Gasteiger partial charge in [0, 0.05) is 4.83 Å². The molecule has 0 fully saturated rings. The van der Waals surface area contributed by atoms with Crippen molar-refractivity contribution >= 4 is 15.9 Å². The van der Waals surface area contributed by atoms with E-state index in [9.17, 15) is 13.2 Å². The topological polar surface area (TPSA) is 9.23 Å². The maximum atomic E-state index is 12.2. The van der Waals surface area contributed by atoms with Gasteiger partial charge in [-0.05, 0) is 36.1 Å². The Balaban J connectivity index is 1.96. The van der Waals surface area contributed by atoms with Crippen molar-refractivity contribution in [2.75, 3.05) is 0 Å². The van der Waals surface area contributed by atoms with Crippen molar-refractivity contribution in [2.24, 2.45) is 0 Å². The van der Waals surface area contributed by atoms with E-state index < -0.39 is 6.36 Å². The first kappa shape index (κ1) is 15.9. The fraction of sp³-hybridized carbons (Fsp3) is 0.250. The van der Waals surface area contributed by atoms with E-state index in [2.05, 4.69) is 20.7 Å². The summed E-state index contributed by atoms with van der Waals surface area (Å²) in [5, 5.41) is 0. The van der Waals surface area contributed by atoms with Crippen LogP contribution in [0, 0.1) is 0 Å². The summed E-state index contributed by atoms with van der Waals surface area (Å²) in [5.74, 6) is -0.175. The zero-order valence-electron chi connectivity index (χ0n) is 11.1. The Hall–Kier alpha value is -1.49. The van der Waals surface area contributed by atoms with Gasteiger partial charge in [0.25, 0.3) is 0 Å². The summed E-state index contributed by atoms with van der Waals surface area (Å²) in [4.78, 5) is 0.172. The average Bonchev–Trinajstić information content (AvgIpc) is 2.44. The Morgan fingerprint density at radius 2 is 1.71 bits per heavy atom. The van der Waals surface area contributed by atoms with Crippen LogP contribution in [0.5, 0.6) is 5.75 Å². The van der Waals surface area contributed by atoms with Crippen molar-refractivity contribution in [3.05, 3.63) is 65.7 Å². The van der Waals surface area contributed by atoms with Crippen molar-refractivity contribution in [1.82, 2.24) is 0 Å². The molecule has 0 heterocycles. The summed E-state index contributed by atoms with van der Waals surface area (Å²) in [6.45, 7) is 0. The maximum Gasteiger partial charge on any atom is 0.573 e. The number of alkyl halides is 4. The molecule has 0 radical (unpaired) electrons. The molecule has 2 aromatic carbocycles. The van der Waals surface area contributed by atoms with Gasteiger partial charge < -0.3 is 4.74 Å². The zero-order chi connectivity index (χ0) is 15.3. The van der Waals surface area contributed by atoms with Crippen molar-refractivity contribution in [1.29, 1.82) is 0 Å². The molecule has 0 aromatic heterocycles. The summed E-state index contributed by atoms with van der Waals surface area (Å²) in [6, 6.07) is 16.0. The van der Waals surface area contributed by atoms with Gasteiger partial charge in [-0.3, -0.25) is 0 Å². The molecule has 5 heteroatoms. The largest absolute Gasteiger partial charge is 0.573 e. The second kappa shape index (κ2) is 6.98. The van der Waals surface area contributed by atoms with Crippen molar-refractivity contribution in [3.63, 3.8) is 0 Å². The fourth-order valence-corrected chi connectivity index (χ4v) is 2.55. The molecule has 0 spiro atoms. The van der Waals surface area contributed by atoms with Crippen molar-refractivity contribution in [3.8, 4) is 5.75 Å². The molecule has 1 atom stereocenters. The minimum absolute atomic E-state index is 0.172. The van der Waals surface area contributed by atoms with Gasteiger partial charge in [-0.1, -0.05) is 58.4 Å². The van der Waals surface area contributed by atoms with E-state index in [0.717, 1.165) is 17.5 Å². The number of aryl methyl sites for hydroxylation is 1. The van der Waals surface area contributed by atoms with Crippen LogP contribution in [0.25, 0.3) is 0 Å². The monoisotopic (exact) mass is 358 g/mol. The number of hydrogen-bond acceptors (Lipinski definition) is 1. The van der Waals surface area contributed by atoms with Crippen LogP contribution in [0.1, 0.15) is 22.4 Å². The van der Waals surface area contributed by atoms with E-state index in [-0.39, 0.29) is 10.6 Å². The molecule has 0 aliphatic heterocycles. The molecule has 2 rings (SSSR count). The standard InChI is InChI=1S/C16H14BrF3O/c17-15(13-6-2-1-3-7-13)10-9-12-5-4-8-14(11-12)21-16(18,19)20/h1-8,11,15H,9-10H2. The first-order valence-corrected chi connectivity index (χ1v) is 7.39. The summed E-state index contributed by atoms with van der Waals surface area (Å²) in [6.07, 6.45) is -3.19. The van der Waals surface area contributed by atoms with Crippen LogP contribution in [-0.4, -0.2) is 6.36 Å². The van der Waals surface area contributed by atoms with Crippen LogP contribution in [0.3, 0.4) is 0 Å². The summed E-state index contributed by atoms with van der Waals surface area (Å²) in [7, 11) is 0. The quantitative estimate of drug-likeness (QED) is 0.627. The first-order valence-electron chi connectivity index (χ1n) is 6.48. The number of ether oxygens (including phenoxy) is 1. The van der Waals surface area contributed by atoms with Crippen LogP contribution >= 0.6 is 15.9 Å². The molecule has 0 aliphatic rings. The predicted octanol–water partition coefficient (Wildman–Crippen LogP) is 5.65. The zero-order valence-corrected chi connectivity index (χ0v) is 12.7. The Kier molecular flexibility index (Phi) is 5.28. The van der Waals surface area contributed by atoms with Gasteiger partial charge in [0.1, 0.15) is 5.75 Å². The Morgan fingerprint density at radius 3 is 2.38 bits per heavy atom. The fourth-order valence-electron chi connectivity index (χ4n) is 2.02. The molecule has 0 saturated carbocycles. The molecule has 0 bridgehead atoms. The molecule has 0 saturated heterocycles. The third-order valence-electron chi connectivity index (χ3n) is 2.98. The molecule has 1 unspecified atom stereocenters. The summed E-state index contributed by atoms with van der Waals surface area (Å²) in [5.41, 5.74) is 1.97. The number of rotatable bonds is 5. The van der Waals surface area contributed by atoms with E-state index in [4.69, 9.17) is 0 Å². The lowest BCUT2D eigenvalue weighted by Crippen LogP contribution is -2.17. The summed E-state index contributed by atoms with van der Waals surface area (Å²) < 4.78 is 40.5. The molecular weight excluding hydrogens is 345 g/mol. The number of benzene rings is 2. The van der Waals surface area contributed by atoms with Gasteiger partial charge in [0.2, 0.25) is 0 Å². The molecular formula is C16H14BrF3O. The average molecular weight is 359 g/mol. The molecule has 0 aliphatic carbocycles. The van der Waals surface area contributed by atoms with Gasteiger partial charge in [-0.15, -0.1) is 13.2 Å². The summed E-state index contributed by atoms with van der Waals surface area (Å²) >= 11 is 3.60. The Labute approximate surface area is 129 Å². The highest BCUT2D eigenvalue weighted by Gasteiger charge is 2.31. The molecule has 0 amide bonds. The van der Waals surface area contributed by atoms with Gasteiger partial charge in [-0.2, -0.15) is 0 Å². The highest BCUT2D eigenvalue weighted by molar-refractivity contribution is 9.09. The van der Waals surface area contributed by atoms with Gasteiger partial charge in [0.15, 0.2) is 0 Å². The molecule has 112 valence electrons. The van der Waals surface area contributed by atoms with E-state index in [1.807, 2.05) is 30.3 Å². The van der Waals surface area contributed by atoms with E-state index in [1.54, 1.807) is 12.1 Å². The number of halogens is 4.